The van der Waals surface area contributed by atoms with Crippen LogP contribution < -0.4 is 5.69 Å². The molecule has 0 unspecified atom stereocenters. The summed E-state index contributed by atoms with van der Waals surface area (Å²) in [4.78, 5) is 11.1. The summed E-state index contributed by atoms with van der Waals surface area (Å²) in [5.41, 5.74) is 0.254. The molecule has 0 aliphatic carbocycles. The van der Waals surface area contributed by atoms with Crippen molar-refractivity contribution in [1.29, 1.82) is 0 Å². The molecule has 1 heterocycles. The molecule has 2 rings (SSSR count). The molecule has 2 aromatic rings. The van der Waals surface area contributed by atoms with Crippen molar-refractivity contribution in [3.05, 3.63) is 41.1 Å². The van der Waals surface area contributed by atoms with Crippen LogP contribution in [0.15, 0.2) is 35.4 Å². The Morgan fingerprint density at radius 3 is 2.92 bits per heavy atom. The van der Waals surface area contributed by atoms with E-state index >= 15 is 0 Å². The lowest BCUT2D eigenvalue weighted by Gasteiger charge is -1.99. The van der Waals surface area contributed by atoms with Gasteiger partial charge in [0.15, 0.2) is 0 Å². The van der Waals surface area contributed by atoms with Crippen LogP contribution in [-0.2, 0) is 0 Å². The number of hydrogen-bond acceptors (Lipinski definition) is 3. The van der Waals surface area contributed by atoms with Crippen molar-refractivity contribution in [2.75, 3.05) is 0 Å². The zero-order valence-electron chi connectivity index (χ0n) is 6.64. The number of aromatic nitrogens is 3. The molecule has 0 aliphatic heterocycles. The first-order valence-electron chi connectivity index (χ1n) is 3.69. The van der Waals surface area contributed by atoms with Gasteiger partial charge in [-0.05, 0) is 12.1 Å². The fourth-order valence-electron chi connectivity index (χ4n) is 1.07. The lowest BCUT2D eigenvalue weighted by atomic mass is 10.3. The maximum atomic E-state index is 11.1. The number of phenolic OH excluding ortho intramolecular Hbond substituents is 1. The van der Waals surface area contributed by atoms with Crippen LogP contribution in [0.4, 0.5) is 0 Å². The minimum atomic E-state index is -0.328. The average Bonchev–Trinajstić information content (AvgIpc) is 2.51. The van der Waals surface area contributed by atoms with Gasteiger partial charge < -0.3 is 5.11 Å². The van der Waals surface area contributed by atoms with Crippen molar-refractivity contribution in [2.24, 2.45) is 0 Å². The zero-order valence-corrected chi connectivity index (χ0v) is 6.64. The van der Waals surface area contributed by atoms with Crippen LogP contribution in [0.5, 0.6) is 5.75 Å². The second-order valence-electron chi connectivity index (χ2n) is 2.55. The highest BCUT2D eigenvalue weighted by molar-refractivity contribution is 5.37. The Morgan fingerprint density at radius 1 is 1.46 bits per heavy atom. The maximum absolute atomic E-state index is 11.1. The van der Waals surface area contributed by atoms with Crippen LogP contribution in [0.3, 0.4) is 0 Å². The van der Waals surface area contributed by atoms with Crippen LogP contribution in [0.1, 0.15) is 0 Å². The highest BCUT2D eigenvalue weighted by atomic mass is 16.3. The smallest absolute Gasteiger partial charge is 0.347 e. The molecular formula is C8H7N3O2. The van der Waals surface area contributed by atoms with Gasteiger partial charge in [-0.1, -0.05) is 6.07 Å². The third kappa shape index (κ3) is 1.31. The Labute approximate surface area is 73.3 Å². The number of rotatable bonds is 1. The molecule has 66 valence electrons. The minimum Gasteiger partial charge on any atom is -0.508 e. The molecule has 5 nitrogen and oxygen atoms in total. The Kier molecular flexibility index (Phi) is 1.63. The number of aromatic amines is 1. The summed E-state index contributed by atoms with van der Waals surface area (Å²) in [6, 6.07) is 6.38. The van der Waals surface area contributed by atoms with Crippen molar-refractivity contribution < 1.29 is 5.11 Å². The maximum Gasteiger partial charge on any atom is 0.347 e. The quantitative estimate of drug-likeness (QED) is 0.656. The zero-order chi connectivity index (χ0) is 9.26. The Hall–Kier alpha value is -2.04. The standard InChI is InChI=1S/C8H7N3O2/c12-7-3-1-2-6(4-7)11-5-9-10-8(11)13/h1-5,12H,(H,10,13). The largest absolute Gasteiger partial charge is 0.508 e. The summed E-state index contributed by atoms with van der Waals surface area (Å²) in [7, 11) is 0. The summed E-state index contributed by atoms with van der Waals surface area (Å²) in [5, 5.41) is 15.0. The summed E-state index contributed by atoms with van der Waals surface area (Å²) < 4.78 is 1.31. The van der Waals surface area contributed by atoms with E-state index in [1.807, 2.05) is 0 Å². The van der Waals surface area contributed by atoms with Crippen LogP contribution in [0.25, 0.3) is 5.69 Å². The Bertz CT molecular complexity index is 472. The SMILES string of the molecule is O=c1[nH]ncn1-c1cccc(O)c1. The van der Waals surface area contributed by atoms with Crippen molar-refractivity contribution in [3.63, 3.8) is 0 Å². The lowest BCUT2D eigenvalue weighted by molar-refractivity contribution is 0.475. The van der Waals surface area contributed by atoms with Crippen molar-refractivity contribution >= 4 is 0 Å². The van der Waals surface area contributed by atoms with Gasteiger partial charge in [-0.3, -0.25) is 0 Å². The van der Waals surface area contributed by atoms with Gasteiger partial charge in [0.05, 0.1) is 5.69 Å². The average molecular weight is 177 g/mol. The molecule has 0 aliphatic rings. The molecule has 0 amide bonds. The van der Waals surface area contributed by atoms with Gasteiger partial charge in [-0.2, -0.15) is 5.10 Å². The highest BCUT2D eigenvalue weighted by Gasteiger charge is 2.00. The summed E-state index contributed by atoms with van der Waals surface area (Å²) in [6.07, 6.45) is 1.36. The van der Waals surface area contributed by atoms with Crippen LogP contribution in [-0.4, -0.2) is 19.9 Å². The van der Waals surface area contributed by atoms with Gasteiger partial charge >= 0.3 is 5.69 Å². The number of benzene rings is 1. The first kappa shape index (κ1) is 7.60. The van der Waals surface area contributed by atoms with E-state index in [1.54, 1.807) is 12.1 Å². The Morgan fingerprint density at radius 2 is 2.31 bits per heavy atom. The van der Waals surface area contributed by atoms with Crippen LogP contribution in [0, 0.1) is 0 Å². The lowest BCUT2D eigenvalue weighted by Crippen LogP contribution is -2.13. The highest BCUT2D eigenvalue weighted by Crippen LogP contribution is 2.12. The van der Waals surface area contributed by atoms with E-state index in [0.717, 1.165) is 0 Å². The molecule has 5 heteroatoms. The van der Waals surface area contributed by atoms with E-state index in [4.69, 9.17) is 5.11 Å². The topological polar surface area (TPSA) is 70.9 Å². The Balaban J connectivity index is 2.59. The summed E-state index contributed by atoms with van der Waals surface area (Å²) in [5.74, 6) is 0.116. The molecule has 0 saturated carbocycles. The van der Waals surface area contributed by atoms with E-state index < -0.39 is 0 Å². The van der Waals surface area contributed by atoms with Gasteiger partial charge in [0, 0.05) is 6.07 Å². The summed E-state index contributed by atoms with van der Waals surface area (Å²) in [6.45, 7) is 0. The van der Waals surface area contributed by atoms with Gasteiger partial charge in [0.25, 0.3) is 0 Å². The molecular weight excluding hydrogens is 170 g/mol. The van der Waals surface area contributed by atoms with E-state index in [1.165, 1.54) is 23.0 Å². The third-order valence-electron chi connectivity index (χ3n) is 1.66. The molecule has 13 heavy (non-hydrogen) atoms. The molecule has 1 aromatic carbocycles. The number of nitrogens with one attached hydrogen (secondary N) is 1. The number of phenols is 1. The van der Waals surface area contributed by atoms with Gasteiger partial charge in [0.2, 0.25) is 0 Å². The van der Waals surface area contributed by atoms with E-state index in [0.29, 0.717) is 5.69 Å². The van der Waals surface area contributed by atoms with Crippen molar-refractivity contribution in [3.8, 4) is 11.4 Å². The molecule has 0 fully saturated rings. The van der Waals surface area contributed by atoms with Crippen LogP contribution in [0.2, 0.25) is 0 Å². The van der Waals surface area contributed by atoms with Gasteiger partial charge in [-0.15, -0.1) is 0 Å². The van der Waals surface area contributed by atoms with Crippen molar-refractivity contribution in [2.45, 2.75) is 0 Å². The fourth-order valence-corrected chi connectivity index (χ4v) is 1.07. The van der Waals surface area contributed by atoms with Gasteiger partial charge in [-0.25, -0.2) is 14.5 Å². The second-order valence-corrected chi connectivity index (χ2v) is 2.55. The van der Waals surface area contributed by atoms with E-state index in [2.05, 4.69) is 10.2 Å². The monoisotopic (exact) mass is 177 g/mol. The minimum absolute atomic E-state index is 0.116. The van der Waals surface area contributed by atoms with E-state index in [-0.39, 0.29) is 11.4 Å². The predicted octanol–water partition coefficient (Wildman–Crippen LogP) is 0.266. The molecule has 0 atom stereocenters. The molecule has 1 aromatic heterocycles. The van der Waals surface area contributed by atoms with Crippen molar-refractivity contribution in [1.82, 2.24) is 14.8 Å². The van der Waals surface area contributed by atoms with E-state index in [9.17, 15) is 4.79 Å². The molecule has 2 N–H and O–H groups in total. The molecule has 0 spiro atoms. The third-order valence-corrected chi connectivity index (χ3v) is 1.66. The van der Waals surface area contributed by atoms with Crippen LogP contribution >= 0.6 is 0 Å². The number of H-pyrrole nitrogens is 1. The number of aromatic hydroxyl groups is 1. The first-order chi connectivity index (χ1) is 6.27. The predicted molar refractivity (Wildman–Crippen MR) is 45.8 cm³/mol. The first-order valence-corrected chi connectivity index (χ1v) is 3.69. The fraction of sp³-hybridized carbons (Fsp3) is 0. The molecule has 0 saturated heterocycles. The normalized spacial score (nSPS) is 10.2. The second kappa shape index (κ2) is 2.78. The van der Waals surface area contributed by atoms with Gasteiger partial charge in [0.1, 0.15) is 12.1 Å². The molecule has 0 bridgehead atoms. The number of nitrogens with zero attached hydrogens (tertiary/aromatic N) is 2. The number of hydrogen-bond donors (Lipinski definition) is 2. The molecule has 0 radical (unpaired) electrons. The summed E-state index contributed by atoms with van der Waals surface area (Å²) >= 11 is 0.